The minimum Gasteiger partial charge on any atom is -0.495 e. The minimum absolute atomic E-state index is 0.130. The first-order chi connectivity index (χ1) is 9.17. The molecule has 3 atom stereocenters. The lowest BCUT2D eigenvalue weighted by Crippen LogP contribution is -2.43. The number of fused-ring (bicyclic) bond motifs is 1. The highest BCUT2D eigenvalue weighted by molar-refractivity contribution is 7.12. The number of amides is 1. The quantitative estimate of drug-likeness (QED) is 0.786. The van der Waals surface area contributed by atoms with Gasteiger partial charge in [-0.1, -0.05) is 0 Å². The molecule has 1 aliphatic carbocycles. The van der Waals surface area contributed by atoms with Crippen molar-refractivity contribution in [3.8, 4) is 5.75 Å². The third-order valence-corrected chi connectivity index (χ3v) is 4.78. The molecule has 1 unspecified atom stereocenters. The molecule has 3 rings (SSSR count). The first-order valence-electron chi connectivity index (χ1n) is 6.17. The molecule has 102 valence electrons. The number of thiophene rings is 1. The number of carbonyl (C=O) groups excluding carboxylic acids is 2. The van der Waals surface area contributed by atoms with Gasteiger partial charge in [-0.05, 0) is 29.7 Å². The Labute approximate surface area is 115 Å². The molecule has 1 aromatic rings. The first kappa shape index (κ1) is 12.5. The third kappa shape index (κ3) is 1.90. The van der Waals surface area contributed by atoms with Crippen LogP contribution in [-0.4, -0.2) is 43.6 Å². The van der Waals surface area contributed by atoms with Crippen molar-refractivity contribution in [2.24, 2.45) is 11.8 Å². The van der Waals surface area contributed by atoms with Gasteiger partial charge < -0.3 is 14.4 Å². The number of esters is 1. The summed E-state index contributed by atoms with van der Waals surface area (Å²) in [6.45, 7) is 0.643. The standard InChI is InChI=1S/C13H15NO4S/c1-17-9-3-4-19-11(9)12(15)14-6-7-5-8(7)10(14)13(16)18-2/h3-4,7-8,10H,5-6H2,1-2H3/t7-,8-,10?/m0/s1. The highest BCUT2D eigenvalue weighted by Crippen LogP contribution is 2.50. The summed E-state index contributed by atoms with van der Waals surface area (Å²) in [6.07, 6.45) is 1.02. The second-order valence-electron chi connectivity index (χ2n) is 4.90. The fourth-order valence-corrected chi connectivity index (χ4v) is 3.65. The lowest BCUT2D eigenvalue weighted by molar-refractivity contribution is -0.145. The number of likely N-dealkylation sites (tertiary alicyclic amines) is 1. The van der Waals surface area contributed by atoms with Crippen LogP contribution < -0.4 is 4.74 Å². The average molecular weight is 281 g/mol. The predicted octanol–water partition coefficient (Wildman–Crippen LogP) is 1.39. The van der Waals surface area contributed by atoms with Crippen molar-refractivity contribution >= 4 is 23.2 Å². The van der Waals surface area contributed by atoms with E-state index in [1.54, 1.807) is 11.0 Å². The van der Waals surface area contributed by atoms with Gasteiger partial charge in [-0.3, -0.25) is 4.79 Å². The monoisotopic (exact) mass is 281 g/mol. The van der Waals surface area contributed by atoms with Crippen LogP contribution in [0.5, 0.6) is 5.75 Å². The van der Waals surface area contributed by atoms with Crippen molar-refractivity contribution in [3.63, 3.8) is 0 Å². The number of carbonyl (C=O) groups is 2. The van der Waals surface area contributed by atoms with Crippen molar-refractivity contribution in [1.29, 1.82) is 0 Å². The Morgan fingerprint density at radius 1 is 1.42 bits per heavy atom. The molecule has 2 fully saturated rings. The van der Waals surface area contributed by atoms with Crippen molar-refractivity contribution in [2.45, 2.75) is 12.5 Å². The first-order valence-corrected chi connectivity index (χ1v) is 7.05. The van der Waals surface area contributed by atoms with Crippen molar-refractivity contribution in [2.75, 3.05) is 20.8 Å². The number of hydrogen-bond donors (Lipinski definition) is 0. The molecule has 1 amide bonds. The summed E-state index contributed by atoms with van der Waals surface area (Å²) in [6, 6.07) is 1.34. The second-order valence-corrected chi connectivity index (χ2v) is 5.82. The van der Waals surface area contributed by atoms with Gasteiger partial charge in [-0.25, -0.2) is 4.79 Å². The number of rotatable bonds is 3. The Morgan fingerprint density at radius 3 is 2.89 bits per heavy atom. The highest BCUT2D eigenvalue weighted by atomic mass is 32.1. The smallest absolute Gasteiger partial charge is 0.328 e. The van der Waals surface area contributed by atoms with Gasteiger partial charge >= 0.3 is 5.97 Å². The van der Waals surface area contributed by atoms with Crippen LogP contribution in [0.25, 0.3) is 0 Å². The molecule has 6 heteroatoms. The van der Waals surface area contributed by atoms with Gasteiger partial charge in [0.1, 0.15) is 16.7 Å². The van der Waals surface area contributed by atoms with Crippen LogP contribution in [0.2, 0.25) is 0 Å². The lowest BCUT2D eigenvalue weighted by Gasteiger charge is -2.25. The van der Waals surface area contributed by atoms with Crippen LogP contribution in [-0.2, 0) is 9.53 Å². The van der Waals surface area contributed by atoms with Gasteiger partial charge in [-0.15, -0.1) is 11.3 Å². The minimum atomic E-state index is -0.422. The van der Waals surface area contributed by atoms with E-state index in [1.807, 2.05) is 5.38 Å². The molecular formula is C13H15NO4S. The van der Waals surface area contributed by atoms with Crippen LogP contribution >= 0.6 is 11.3 Å². The van der Waals surface area contributed by atoms with Crippen LogP contribution in [0.1, 0.15) is 16.1 Å². The van der Waals surface area contributed by atoms with E-state index in [1.165, 1.54) is 25.6 Å². The summed E-state index contributed by atoms with van der Waals surface area (Å²) in [5.41, 5.74) is 0. The molecule has 0 radical (unpaired) electrons. The highest BCUT2D eigenvalue weighted by Gasteiger charge is 2.57. The Hall–Kier alpha value is -1.56. The van der Waals surface area contributed by atoms with E-state index in [4.69, 9.17) is 9.47 Å². The van der Waals surface area contributed by atoms with E-state index < -0.39 is 6.04 Å². The maximum Gasteiger partial charge on any atom is 0.328 e. The number of ether oxygens (including phenoxy) is 2. The summed E-state index contributed by atoms with van der Waals surface area (Å²) < 4.78 is 10.00. The summed E-state index contributed by atoms with van der Waals surface area (Å²) in [4.78, 5) is 26.6. The summed E-state index contributed by atoms with van der Waals surface area (Å²) >= 11 is 1.34. The second kappa shape index (κ2) is 4.52. The molecular weight excluding hydrogens is 266 g/mol. The maximum absolute atomic E-state index is 12.5. The molecule has 1 aliphatic heterocycles. The molecule has 0 bridgehead atoms. The third-order valence-electron chi connectivity index (χ3n) is 3.90. The number of hydrogen-bond acceptors (Lipinski definition) is 5. The summed E-state index contributed by atoms with van der Waals surface area (Å²) in [5, 5.41) is 1.82. The lowest BCUT2D eigenvalue weighted by atomic mass is 10.2. The Bertz CT molecular complexity index is 526. The largest absolute Gasteiger partial charge is 0.495 e. The van der Waals surface area contributed by atoms with E-state index in [-0.39, 0.29) is 17.8 Å². The van der Waals surface area contributed by atoms with Gasteiger partial charge in [0.25, 0.3) is 5.91 Å². The SMILES string of the molecule is COC(=O)C1[C@H]2C[C@H]2CN1C(=O)c1sccc1OC. The molecule has 19 heavy (non-hydrogen) atoms. The van der Waals surface area contributed by atoms with Gasteiger partial charge in [-0.2, -0.15) is 0 Å². The van der Waals surface area contributed by atoms with Gasteiger partial charge in [0.15, 0.2) is 0 Å². The molecule has 2 aliphatic rings. The van der Waals surface area contributed by atoms with Crippen molar-refractivity contribution < 1.29 is 19.1 Å². The van der Waals surface area contributed by atoms with Crippen LogP contribution in [0, 0.1) is 11.8 Å². The summed E-state index contributed by atoms with van der Waals surface area (Å²) in [5.74, 6) is 0.865. The maximum atomic E-state index is 12.5. The van der Waals surface area contributed by atoms with Crippen molar-refractivity contribution in [1.82, 2.24) is 4.90 Å². The van der Waals surface area contributed by atoms with Crippen LogP contribution in [0.3, 0.4) is 0 Å². The molecule has 0 N–H and O–H groups in total. The van der Waals surface area contributed by atoms with Crippen LogP contribution in [0.15, 0.2) is 11.4 Å². The Balaban J connectivity index is 1.85. The molecule has 1 saturated heterocycles. The zero-order valence-electron chi connectivity index (χ0n) is 10.8. The van der Waals surface area contributed by atoms with Gasteiger partial charge in [0, 0.05) is 6.54 Å². The zero-order valence-corrected chi connectivity index (χ0v) is 11.6. The molecule has 1 aromatic heterocycles. The van der Waals surface area contributed by atoms with E-state index >= 15 is 0 Å². The van der Waals surface area contributed by atoms with Crippen molar-refractivity contribution in [3.05, 3.63) is 16.3 Å². The van der Waals surface area contributed by atoms with E-state index in [9.17, 15) is 9.59 Å². The number of methoxy groups -OCH3 is 2. The molecule has 5 nitrogen and oxygen atoms in total. The fraction of sp³-hybridized carbons (Fsp3) is 0.538. The topological polar surface area (TPSA) is 55.8 Å². The summed E-state index contributed by atoms with van der Waals surface area (Å²) in [7, 11) is 2.91. The van der Waals surface area contributed by atoms with E-state index in [0.717, 1.165) is 6.42 Å². The van der Waals surface area contributed by atoms with Gasteiger partial charge in [0.2, 0.25) is 0 Å². The molecule has 1 saturated carbocycles. The average Bonchev–Trinajstić information content (AvgIpc) is 2.90. The number of piperidine rings is 1. The molecule has 0 aromatic carbocycles. The molecule has 2 heterocycles. The Kier molecular flexibility index (Phi) is 2.97. The van der Waals surface area contributed by atoms with E-state index in [2.05, 4.69) is 0 Å². The zero-order chi connectivity index (χ0) is 13.6. The normalized spacial score (nSPS) is 27.9. The fourth-order valence-electron chi connectivity index (χ4n) is 2.84. The molecule has 0 spiro atoms. The van der Waals surface area contributed by atoms with Gasteiger partial charge in [0.05, 0.1) is 14.2 Å². The Morgan fingerprint density at radius 2 is 2.21 bits per heavy atom. The van der Waals surface area contributed by atoms with Crippen LogP contribution in [0.4, 0.5) is 0 Å². The predicted molar refractivity (Wildman–Crippen MR) is 69.3 cm³/mol. The van der Waals surface area contributed by atoms with E-state index in [0.29, 0.717) is 23.1 Å². The number of nitrogens with zero attached hydrogens (tertiary/aromatic N) is 1.